The Morgan fingerprint density at radius 1 is 0.838 bits per heavy atom. The Hall–Kier alpha value is -3.55. The van der Waals surface area contributed by atoms with Gasteiger partial charge >= 0.3 is 0 Å². The molecule has 1 aliphatic heterocycles. The zero-order valence-electron chi connectivity index (χ0n) is 21.4. The van der Waals surface area contributed by atoms with Gasteiger partial charge in [0.25, 0.3) is 0 Å². The fourth-order valence-corrected chi connectivity index (χ4v) is 6.05. The van der Waals surface area contributed by atoms with Gasteiger partial charge in [-0.2, -0.15) is 0 Å². The number of benzene rings is 2. The van der Waals surface area contributed by atoms with E-state index in [9.17, 15) is 4.79 Å². The Labute approximate surface area is 217 Å². The average molecular weight is 495 g/mol. The zero-order chi connectivity index (χ0) is 25.4. The van der Waals surface area contributed by atoms with E-state index in [0.717, 1.165) is 48.1 Å². The lowest BCUT2D eigenvalue weighted by Gasteiger charge is -2.41. The Bertz CT molecular complexity index is 1380. The minimum atomic E-state index is 0.0227. The summed E-state index contributed by atoms with van der Waals surface area (Å²) in [5.41, 5.74) is 10.7. The second kappa shape index (κ2) is 10.1. The van der Waals surface area contributed by atoms with E-state index in [2.05, 4.69) is 37.6 Å². The van der Waals surface area contributed by atoms with E-state index in [1.165, 1.54) is 25.9 Å². The fourth-order valence-electron chi connectivity index (χ4n) is 6.05. The van der Waals surface area contributed by atoms with Gasteiger partial charge in [0.2, 0.25) is 0 Å². The maximum absolute atomic E-state index is 12.9. The lowest BCUT2D eigenvalue weighted by atomic mass is 9.89. The number of nitrogens with zero attached hydrogens (tertiary/aromatic N) is 5. The highest BCUT2D eigenvalue weighted by Gasteiger charge is 2.30. The molecule has 190 valence electrons. The van der Waals surface area contributed by atoms with Crippen LogP contribution in [0.5, 0.6) is 0 Å². The number of carbonyl (C=O) groups excluding carboxylic acids is 1. The second-order valence-electron chi connectivity index (χ2n) is 10.5. The van der Waals surface area contributed by atoms with Crippen LogP contribution in [0.15, 0.2) is 67.1 Å². The zero-order valence-corrected chi connectivity index (χ0v) is 21.4. The molecule has 0 spiro atoms. The van der Waals surface area contributed by atoms with Crippen molar-refractivity contribution in [3.8, 4) is 11.1 Å². The molecular weight excluding hydrogens is 460 g/mol. The molecule has 3 heterocycles. The fraction of sp³-hybridized carbons (Fsp3) is 0.367. The number of ketones is 1. The van der Waals surface area contributed by atoms with E-state index >= 15 is 0 Å². The predicted molar refractivity (Wildman–Crippen MR) is 148 cm³/mol. The van der Waals surface area contributed by atoms with Crippen molar-refractivity contribution in [3.63, 3.8) is 0 Å². The number of hydrogen-bond donors (Lipinski definition) is 1. The van der Waals surface area contributed by atoms with Crippen molar-refractivity contribution >= 4 is 22.6 Å². The summed E-state index contributed by atoms with van der Waals surface area (Å²) in [6.45, 7) is 4.68. The van der Waals surface area contributed by atoms with Crippen LogP contribution in [0.1, 0.15) is 47.6 Å². The van der Waals surface area contributed by atoms with Crippen LogP contribution in [0.2, 0.25) is 0 Å². The van der Waals surface area contributed by atoms with E-state index in [1.54, 1.807) is 6.33 Å². The highest BCUT2D eigenvalue weighted by molar-refractivity contribution is 6.09. The van der Waals surface area contributed by atoms with Gasteiger partial charge in [0.05, 0.1) is 5.39 Å². The smallest absolute Gasteiger partial charge is 0.193 e. The molecule has 2 aliphatic rings. The highest BCUT2D eigenvalue weighted by Crippen LogP contribution is 2.39. The third-order valence-corrected chi connectivity index (χ3v) is 8.25. The van der Waals surface area contributed by atoms with Crippen molar-refractivity contribution in [2.75, 3.05) is 39.0 Å². The average Bonchev–Trinajstić information content (AvgIpc) is 3.35. The molecule has 1 saturated heterocycles. The van der Waals surface area contributed by atoms with Crippen LogP contribution in [0, 0.1) is 0 Å². The molecule has 0 amide bonds. The third kappa shape index (κ3) is 4.65. The van der Waals surface area contributed by atoms with Crippen molar-refractivity contribution in [1.82, 2.24) is 24.3 Å². The number of carbonyl (C=O) groups is 1. The number of fused-ring (bicyclic) bond motifs is 1. The lowest BCUT2D eigenvalue weighted by molar-refractivity contribution is 0.0828. The predicted octanol–water partition coefficient (Wildman–Crippen LogP) is 4.64. The van der Waals surface area contributed by atoms with Crippen LogP contribution in [-0.2, 0) is 0 Å². The molecule has 2 fully saturated rings. The maximum atomic E-state index is 12.9. The molecule has 2 aromatic heterocycles. The van der Waals surface area contributed by atoms with Crippen molar-refractivity contribution in [1.29, 1.82) is 0 Å². The summed E-state index contributed by atoms with van der Waals surface area (Å²) in [7, 11) is 2.21. The van der Waals surface area contributed by atoms with Crippen molar-refractivity contribution in [2.45, 2.75) is 37.8 Å². The molecule has 4 aromatic rings. The molecule has 6 rings (SSSR count). The van der Waals surface area contributed by atoms with Crippen LogP contribution < -0.4 is 5.73 Å². The summed E-state index contributed by atoms with van der Waals surface area (Å²) in [6, 6.07) is 18.3. The maximum Gasteiger partial charge on any atom is 0.193 e. The molecule has 7 nitrogen and oxygen atoms in total. The normalized spacial score (nSPS) is 21.3. The topological polar surface area (TPSA) is 80.3 Å². The van der Waals surface area contributed by atoms with Crippen LogP contribution in [0.3, 0.4) is 0 Å². The molecule has 2 aromatic carbocycles. The first-order chi connectivity index (χ1) is 18.1. The van der Waals surface area contributed by atoms with Gasteiger partial charge in [-0.1, -0.05) is 54.6 Å². The van der Waals surface area contributed by atoms with Gasteiger partial charge in [-0.3, -0.25) is 9.69 Å². The van der Waals surface area contributed by atoms with Gasteiger partial charge in [0.15, 0.2) is 5.78 Å². The van der Waals surface area contributed by atoms with Gasteiger partial charge in [-0.15, -0.1) is 0 Å². The number of hydrogen-bond acceptors (Lipinski definition) is 6. The lowest BCUT2D eigenvalue weighted by Crippen LogP contribution is -2.49. The number of piperazine rings is 1. The summed E-state index contributed by atoms with van der Waals surface area (Å²) >= 11 is 0. The number of nitrogens with two attached hydrogens (primary N) is 1. The first-order valence-electron chi connectivity index (χ1n) is 13.3. The van der Waals surface area contributed by atoms with E-state index in [1.807, 2.05) is 54.6 Å². The number of likely N-dealkylation sites (N-methyl/N-ethyl adjacent to an activating group) is 1. The van der Waals surface area contributed by atoms with Crippen LogP contribution in [0.4, 0.5) is 5.82 Å². The van der Waals surface area contributed by atoms with E-state index in [4.69, 9.17) is 5.73 Å². The molecule has 2 N–H and O–H groups in total. The largest absolute Gasteiger partial charge is 0.383 e. The quantitative estimate of drug-likeness (QED) is 0.407. The minimum absolute atomic E-state index is 0.0227. The second-order valence-corrected chi connectivity index (χ2v) is 10.5. The van der Waals surface area contributed by atoms with Crippen molar-refractivity contribution < 1.29 is 4.79 Å². The number of rotatable bonds is 5. The Morgan fingerprint density at radius 3 is 2.19 bits per heavy atom. The molecule has 0 unspecified atom stereocenters. The molecule has 7 heteroatoms. The van der Waals surface area contributed by atoms with E-state index in [0.29, 0.717) is 29.0 Å². The summed E-state index contributed by atoms with van der Waals surface area (Å²) in [5.74, 6) is 0.517. The molecule has 0 bridgehead atoms. The molecule has 37 heavy (non-hydrogen) atoms. The van der Waals surface area contributed by atoms with Crippen LogP contribution in [0.25, 0.3) is 22.2 Å². The summed E-state index contributed by atoms with van der Waals surface area (Å²) in [5, 5.41) is 0.894. The van der Waals surface area contributed by atoms with E-state index < -0.39 is 0 Å². The first kappa shape index (κ1) is 23.8. The first-order valence-corrected chi connectivity index (χ1v) is 13.3. The Morgan fingerprint density at radius 2 is 1.49 bits per heavy atom. The molecular formula is C30H34N6O. The standard InChI is InChI=1S/C30H34N6O/c1-34-15-17-35(18-16-34)24-11-13-25(14-12-24)36-19-26(27-29(31)32-20-33-30(27)36)21-7-9-23(10-8-21)28(37)22-5-3-2-4-6-22/h2-10,19-20,24-25H,11-18H2,1H3,(H2,31,32,33)/t24-,25-. The van der Waals surface area contributed by atoms with Gasteiger partial charge in [-0.05, 0) is 38.3 Å². The summed E-state index contributed by atoms with van der Waals surface area (Å²) in [6.07, 6.45) is 8.45. The Kier molecular flexibility index (Phi) is 6.49. The Balaban J connectivity index is 1.26. The third-order valence-electron chi connectivity index (χ3n) is 8.25. The van der Waals surface area contributed by atoms with Crippen LogP contribution in [-0.4, -0.2) is 69.4 Å². The number of anilines is 1. The highest BCUT2D eigenvalue weighted by atomic mass is 16.1. The number of aromatic nitrogens is 3. The van der Waals surface area contributed by atoms with E-state index in [-0.39, 0.29) is 5.78 Å². The van der Waals surface area contributed by atoms with Gasteiger partial charge in [-0.25, -0.2) is 9.97 Å². The van der Waals surface area contributed by atoms with Crippen molar-refractivity contribution in [3.05, 3.63) is 78.2 Å². The van der Waals surface area contributed by atoms with Gasteiger partial charge in [0, 0.05) is 61.1 Å². The minimum Gasteiger partial charge on any atom is -0.383 e. The summed E-state index contributed by atoms with van der Waals surface area (Å²) < 4.78 is 2.33. The molecule has 0 radical (unpaired) electrons. The molecule has 1 saturated carbocycles. The van der Waals surface area contributed by atoms with Crippen molar-refractivity contribution in [2.24, 2.45) is 0 Å². The monoisotopic (exact) mass is 494 g/mol. The molecule has 1 aliphatic carbocycles. The molecule has 0 atom stereocenters. The van der Waals surface area contributed by atoms with Gasteiger partial charge < -0.3 is 15.2 Å². The summed E-state index contributed by atoms with van der Waals surface area (Å²) in [4.78, 5) is 27.0. The SMILES string of the molecule is CN1CCN([C@H]2CC[C@H](n3cc(-c4ccc(C(=O)c5ccccc5)cc4)c4c(N)ncnc43)CC2)CC1. The van der Waals surface area contributed by atoms with Crippen LogP contribution >= 0.6 is 0 Å². The van der Waals surface area contributed by atoms with Gasteiger partial charge in [0.1, 0.15) is 17.8 Å². The number of nitrogen functional groups attached to an aromatic ring is 1.